The highest BCUT2D eigenvalue weighted by molar-refractivity contribution is 5.29. The Bertz CT molecular complexity index is 348. The predicted octanol–water partition coefficient (Wildman–Crippen LogP) is 3.75. The topological polar surface area (TPSA) is 12.0 Å². The van der Waals surface area contributed by atoms with Crippen LogP contribution in [0.4, 0.5) is 4.39 Å². The SMILES string of the molecule is CC(C)c1ccc(C2(F)CCCNCC2)cc1. The normalized spacial score (nSPS) is 25.9. The van der Waals surface area contributed by atoms with Crippen molar-refractivity contribution in [1.82, 2.24) is 5.32 Å². The Kier molecular flexibility index (Phi) is 3.82. The third-order valence-electron chi connectivity index (χ3n) is 3.72. The standard InChI is InChI=1S/C15H22FN/c1-12(2)13-4-6-14(7-5-13)15(16)8-3-10-17-11-9-15/h4-7,12,17H,3,8-11H2,1-2H3. The summed E-state index contributed by atoms with van der Waals surface area (Å²) in [7, 11) is 0. The first-order valence-electron chi connectivity index (χ1n) is 6.62. The molecule has 1 N–H and O–H groups in total. The fourth-order valence-corrected chi connectivity index (χ4v) is 2.49. The molecule has 0 bridgehead atoms. The van der Waals surface area contributed by atoms with Crippen LogP contribution in [0.15, 0.2) is 24.3 Å². The van der Waals surface area contributed by atoms with Crippen molar-refractivity contribution in [3.8, 4) is 0 Å². The Balaban J connectivity index is 2.19. The summed E-state index contributed by atoms with van der Waals surface area (Å²) in [5.74, 6) is 0.510. The molecule has 0 radical (unpaired) electrons. The first-order valence-corrected chi connectivity index (χ1v) is 6.62. The molecule has 2 rings (SSSR count). The molecule has 1 aromatic rings. The smallest absolute Gasteiger partial charge is 0.137 e. The largest absolute Gasteiger partial charge is 0.317 e. The molecule has 1 heterocycles. The quantitative estimate of drug-likeness (QED) is 0.823. The van der Waals surface area contributed by atoms with Gasteiger partial charge < -0.3 is 5.32 Å². The summed E-state index contributed by atoms with van der Waals surface area (Å²) >= 11 is 0. The van der Waals surface area contributed by atoms with Crippen molar-refractivity contribution in [2.45, 2.75) is 44.7 Å². The summed E-state index contributed by atoms with van der Waals surface area (Å²) in [6, 6.07) is 8.08. The van der Waals surface area contributed by atoms with E-state index in [4.69, 9.17) is 0 Å². The molecule has 1 aromatic carbocycles. The average molecular weight is 235 g/mol. The van der Waals surface area contributed by atoms with E-state index in [2.05, 4.69) is 31.3 Å². The van der Waals surface area contributed by atoms with Gasteiger partial charge in [0.15, 0.2) is 0 Å². The molecule has 0 aliphatic carbocycles. The summed E-state index contributed by atoms with van der Waals surface area (Å²) in [5, 5.41) is 3.26. The van der Waals surface area contributed by atoms with E-state index in [1.165, 1.54) is 5.56 Å². The first-order chi connectivity index (χ1) is 8.12. The minimum atomic E-state index is -1.13. The fourth-order valence-electron chi connectivity index (χ4n) is 2.49. The second kappa shape index (κ2) is 5.18. The van der Waals surface area contributed by atoms with E-state index >= 15 is 0 Å². The minimum Gasteiger partial charge on any atom is -0.317 e. The van der Waals surface area contributed by atoms with Crippen molar-refractivity contribution in [1.29, 1.82) is 0 Å². The van der Waals surface area contributed by atoms with Gasteiger partial charge in [0.2, 0.25) is 0 Å². The van der Waals surface area contributed by atoms with Crippen molar-refractivity contribution in [3.05, 3.63) is 35.4 Å². The van der Waals surface area contributed by atoms with E-state index in [0.717, 1.165) is 25.1 Å². The van der Waals surface area contributed by atoms with Gasteiger partial charge in [0.25, 0.3) is 0 Å². The molecule has 1 atom stereocenters. The second-order valence-electron chi connectivity index (χ2n) is 5.35. The van der Waals surface area contributed by atoms with Crippen molar-refractivity contribution < 1.29 is 4.39 Å². The zero-order valence-electron chi connectivity index (χ0n) is 10.8. The molecule has 1 saturated heterocycles. The number of rotatable bonds is 2. The molecule has 0 spiro atoms. The van der Waals surface area contributed by atoms with Gasteiger partial charge in [-0.1, -0.05) is 38.1 Å². The lowest BCUT2D eigenvalue weighted by Gasteiger charge is -2.24. The van der Waals surface area contributed by atoms with Crippen LogP contribution < -0.4 is 5.32 Å². The van der Waals surface area contributed by atoms with Gasteiger partial charge in [-0.15, -0.1) is 0 Å². The van der Waals surface area contributed by atoms with Crippen LogP contribution in [0.1, 0.15) is 50.2 Å². The number of hydrogen-bond donors (Lipinski definition) is 1. The molecular weight excluding hydrogens is 213 g/mol. The van der Waals surface area contributed by atoms with E-state index in [1.54, 1.807) is 0 Å². The van der Waals surface area contributed by atoms with Crippen molar-refractivity contribution in [2.24, 2.45) is 0 Å². The molecule has 1 aliphatic rings. The number of halogens is 1. The van der Waals surface area contributed by atoms with Crippen molar-refractivity contribution >= 4 is 0 Å². The fraction of sp³-hybridized carbons (Fsp3) is 0.600. The molecule has 0 amide bonds. The van der Waals surface area contributed by atoms with Gasteiger partial charge in [-0.25, -0.2) is 4.39 Å². The van der Waals surface area contributed by atoms with Crippen LogP contribution in [0.3, 0.4) is 0 Å². The monoisotopic (exact) mass is 235 g/mol. The van der Waals surface area contributed by atoms with Crippen LogP contribution in [-0.2, 0) is 5.67 Å². The van der Waals surface area contributed by atoms with Crippen molar-refractivity contribution in [2.75, 3.05) is 13.1 Å². The first kappa shape index (κ1) is 12.6. The van der Waals surface area contributed by atoms with Gasteiger partial charge in [0.1, 0.15) is 5.67 Å². The maximum atomic E-state index is 14.9. The maximum absolute atomic E-state index is 14.9. The van der Waals surface area contributed by atoms with E-state index < -0.39 is 5.67 Å². The van der Waals surface area contributed by atoms with Gasteiger partial charge in [0.05, 0.1) is 0 Å². The Hall–Kier alpha value is -0.890. The van der Waals surface area contributed by atoms with Crippen LogP contribution in [-0.4, -0.2) is 13.1 Å². The molecular formula is C15H22FN. The van der Waals surface area contributed by atoms with Gasteiger partial charge >= 0.3 is 0 Å². The highest BCUT2D eigenvalue weighted by atomic mass is 19.1. The van der Waals surface area contributed by atoms with Crippen molar-refractivity contribution in [3.63, 3.8) is 0 Å². The number of hydrogen-bond acceptors (Lipinski definition) is 1. The molecule has 0 aromatic heterocycles. The zero-order chi connectivity index (χ0) is 12.3. The Morgan fingerprint density at radius 3 is 2.47 bits per heavy atom. The van der Waals surface area contributed by atoms with E-state index in [-0.39, 0.29) is 0 Å². The maximum Gasteiger partial charge on any atom is 0.137 e. The van der Waals surface area contributed by atoms with Gasteiger partial charge in [-0.2, -0.15) is 0 Å². The molecule has 1 nitrogen and oxygen atoms in total. The highest BCUT2D eigenvalue weighted by Crippen LogP contribution is 2.36. The van der Waals surface area contributed by atoms with Crippen LogP contribution in [0.25, 0.3) is 0 Å². The number of alkyl halides is 1. The lowest BCUT2D eigenvalue weighted by atomic mass is 9.87. The van der Waals surface area contributed by atoms with Crippen LogP contribution in [0.5, 0.6) is 0 Å². The summed E-state index contributed by atoms with van der Waals surface area (Å²) in [6.07, 6.45) is 2.15. The molecule has 1 unspecified atom stereocenters. The summed E-state index contributed by atoms with van der Waals surface area (Å²) < 4.78 is 14.9. The number of benzene rings is 1. The summed E-state index contributed by atoms with van der Waals surface area (Å²) in [6.45, 7) is 6.05. The van der Waals surface area contributed by atoms with Gasteiger partial charge in [0, 0.05) is 0 Å². The third kappa shape index (κ3) is 2.86. The van der Waals surface area contributed by atoms with Crippen LogP contribution >= 0.6 is 0 Å². The zero-order valence-corrected chi connectivity index (χ0v) is 10.8. The van der Waals surface area contributed by atoms with Gasteiger partial charge in [-0.3, -0.25) is 0 Å². The molecule has 2 heteroatoms. The number of nitrogens with one attached hydrogen (secondary N) is 1. The average Bonchev–Trinajstić information content (AvgIpc) is 2.55. The minimum absolute atomic E-state index is 0.510. The molecule has 1 aliphatic heterocycles. The highest BCUT2D eigenvalue weighted by Gasteiger charge is 2.32. The van der Waals surface area contributed by atoms with E-state index in [0.29, 0.717) is 18.8 Å². The second-order valence-corrected chi connectivity index (χ2v) is 5.35. The Morgan fingerprint density at radius 2 is 1.82 bits per heavy atom. The van der Waals surface area contributed by atoms with E-state index in [9.17, 15) is 4.39 Å². The molecule has 1 fully saturated rings. The lowest BCUT2D eigenvalue weighted by molar-refractivity contribution is 0.145. The van der Waals surface area contributed by atoms with Crippen LogP contribution in [0, 0.1) is 0 Å². The predicted molar refractivity (Wildman–Crippen MR) is 70.0 cm³/mol. The molecule has 0 saturated carbocycles. The van der Waals surface area contributed by atoms with E-state index in [1.807, 2.05) is 12.1 Å². The third-order valence-corrected chi connectivity index (χ3v) is 3.72. The van der Waals surface area contributed by atoms with Crippen LogP contribution in [0.2, 0.25) is 0 Å². The summed E-state index contributed by atoms with van der Waals surface area (Å²) in [5.41, 5.74) is 1.01. The Morgan fingerprint density at radius 1 is 1.12 bits per heavy atom. The summed E-state index contributed by atoms with van der Waals surface area (Å²) in [4.78, 5) is 0. The van der Waals surface area contributed by atoms with Gasteiger partial charge in [-0.05, 0) is 49.4 Å². The molecule has 94 valence electrons. The lowest BCUT2D eigenvalue weighted by Crippen LogP contribution is -2.22. The Labute approximate surface area is 103 Å². The molecule has 17 heavy (non-hydrogen) atoms.